The van der Waals surface area contributed by atoms with Gasteiger partial charge in [-0.3, -0.25) is 14.4 Å². The predicted octanol–water partition coefficient (Wildman–Crippen LogP) is 16.2. The van der Waals surface area contributed by atoms with Crippen LogP contribution in [-0.2, 0) is 28.6 Å². The number of esters is 3. The smallest absolute Gasteiger partial charge is 0.306 e. The molecule has 0 saturated heterocycles. The van der Waals surface area contributed by atoms with Crippen LogP contribution in [0.4, 0.5) is 0 Å². The van der Waals surface area contributed by atoms with E-state index in [0.717, 1.165) is 116 Å². The van der Waals surface area contributed by atoms with E-state index in [1.54, 1.807) is 0 Å². The Morgan fingerprint density at radius 3 is 1.21 bits per heavy atom. The molecule has 0 heterocycles. The maximum Gasteiger partial charge on any atom is 0.306 e. The number of carbonyl (C=O) groups is 3. The van der Waals surface area contributed by atoms with Gasteiger partial charge in [0, 0.05) is 19.3 Å². The zero-order valence-electron chi connectivity index (χ0n) is 39.4. The van der Waals surface area contributed by atoms with Crippen molar-refractivity contribution in [1.82, 2.24) is 0 Å². The first-order valence-electron chi connectivity index (χ1n) is 24.8. The van der Waals surface area contributed by atoms with Gasteiger partial charge in [0.15, 0.2) is 6.10 Å². The van der Waals surface area contributed by atoms with E-state index in [0.29, 0.717) is 19.3 Å². The highest BCUT2D eigenvalue weighted by atomic mass is 16.6. The summed E-state index contributed by atoms with van der Waals surface area (Å²) in [7, 11) is 0. The minimum atomic E-state index is -0.801. The molecule has 0 aliphatic rings. The van der Waals surface area contributed by atoms with Gasteiger partial charge in [-0.25, -0.2) is 0 Å². The molecule has 0 radical (unpaired) electrons. The van der Waals surface area contributed by atoms with Crippen LogP contribution < -0.4 is 0 Å². The molecule has 1 unspecified atom stereocenters. The van der Waals surface area contributed by atoms with Crippen molar-refractivity contribution in [1.29, 1.82) is 0 Å². The topological polar surface area (TPSA) is 78.9 Å². The fourth-order valence-corrected chi connectivity index (χ4v) is 6.43. The van der Waals surface area contributed by atoms with Crippen LogP contribution in [0.15, 0.2) is 97.2 Å². The quantitative estimate of drug-likeness (QED) is 0.0200. The number of hydrogen-bond acceptors (Lipinski definition) is 6. The fraction of sp³-hybridized carbons (Fsp3) is 0.655. The largest absolute Gasteiger partial charge is 0.462 e. The van der Waals surface area contributed by atoms with Crippen LogP contribution >= 0.6 is 0 Å². The maximum absolute atomic E-state index is 12.7. The molecule has 0 aromatic heterocycles. The van der Waals surface area contributed by atoms with E-state index in [1.807, 2.05) is 0 Å². The highest BCUT2D eigenvalue weighted by molar-refractivity contribution is 5.71. The Hall–Kier alpha value is -3.67. The molecular formula is C55H90O6. The van der Waals surface area contributed by atoms with Gasteiger partial charge in [-0.15, -0.1) is 0 Å². The van der Waals surface area contributed by atoms with Crippen LogP contribution in [0.2, 0.25) is 0 Å². The average Bonchev–Trinajstić information content (AvgIpc) is 3.26. The summed E-state index contributed by atoms with van der Waals surface area (Å²) in [6.07, 6.45) is 63.9. The summed E-state index contributed by atoms with van der Waals surface area (Å²) in [6, 6.07) is 0. The fourth-order valence-electron chi connectivity index (χ4n) is 6.43. The van der Waals surface area contributed by atoms with Gasteiger partial charge in [0.1, 0.15) is 13.2 Å². The van der Waals surface area contributed by atoms with Crippen molar-refractivity contribution in [2.45, 2.75) is 219 Å². The third-order valence-corrected chi connectivity index (χ3v) is 10.1. The molecular weight excluding hydrogens is 757 g/mol. The van der Waals surface area contributed by atoms with Crippen molar-refractivity contribution < 1.29 is 28.6 Å². The molecule has 6 heteroatoms. The zero-order valence-corrected chi connectivity index (χ0v) is 39.4. The van der Waals surface area contributed by atoms with Gasteiger partial charge in [-0.1, -0.05) is 201 Å². The minimum absolute atomic E-state index is 0.0988. The van der Waals surface area contributed by atoms with Crippen LogP contribution in [0.3, 0.4) is 0 Å². The number of ether oxygens (including phenoxy) is 3. The Morgan fingerprint density at radius 1 is 0.361 bits per heavy atom. The van der Waals surface area contributed by atoms with Crippen molar-refractivity contribution in [2.24, 2.45) is 0 Å². The molecule has 0 N–H and O–H groups in total. The number of rotatable bonds is 43. The Kier molecular flexibility index (Phi) is 46.0. The van der Waals surface area contributed by atoms with E-state index in [9.17, 15) is 14.4 Å². The normalized spacial score (nSPS) is 12.9. The molecule has 1 atom stereocenters. The monoisotopic (exact) mass is 847 g/mol. The summed E-state index contributed by atoms with van der Waals surface area (Å²) in [5, 5.41) is 0. The molecule has 0 fully saturated rings. The van der Waals surface area contributed by atoms with Gasteiger partial charge in [0.25, 0.3) is 0 Å². The molecule has 0 bridgehead atoms. The number of carbonyl (C=O) groups excluding carboxylic acids is 3. The van der Waals surface area contributed by atoms with Crippen molar-refractivity contribution in [3.05, 3.63) is 97.2 Å². The van der Waals surface area contributed by atoms with E-state index in [-0.39, 0.29) is 31.1 Å². The number of hydrogen-bond donors (Lipinski definition) is 0. The van der Waals surface area contributed by atoms with Crippen molar-refractivity contribution in [3.8, 4) is 0 Å². The van der Waals surface area contributed by atoms with E-state index in [2.05, 4.69) is 118 Å². The van der Waals surface area contributed by atoms with Gasteiger partial charge >= 0.3 is 17.9 Å². The van der Waals surface area contributed by atoms with E-state index >= 15 is 0 Å². The lowest BCUT2D eigenvalue weighted by molar-refractivity contribution is -0.167. The van der Waals surface area contributed by atoms with Gasteiger partial charge in [0.05, 0.1) is 0 Å². The molecule has 0 aromatic rings. The highest BCUT2D eigenvalue weighted by Gasteiger charge is 2.19. The molecule has 0 rings (SSSR count). The summed E-state index contributed by atoms with van der Waals surface area (Å²) in [4.78, 5) is 37.9. The SMILES string of the molecule is CC\C=C/C=C\C=C/CCCCCCCC(=O)OC(COC(=O)CCCCC/C=C\C=C/CCCC)COC(=O)CCCCCCCCCCC/C=C\C/C=C\C/C=C\CC. The second-order valence-corrected chi connectivity index (χ2v) is 16.0. The lowest BCUT2D eigenvalue weighted by Crippen LogP contribution is -2.30. The lowest BCUT2D eigenvalue weighted by atomic mass is 10.1. The highest BCUT2D eigenvalue weighted by Crippen LogP contribution is 2.14. The van der Waals surface area contributed by atoms with Crippen molar-refractivity contribution in [2.75, 3.05) is 13.2 Å². The molecule has 0 aromatic carbocycles. The molecule has 0 aliphatic heterocycles. The third kappa shape index (κ3) is 47.2. The van der Waals surface area contributed by atoms with Gasteiger partial charge < -0.3 is 14.2 Å². The second kappa shape index (κ2) is 49.0. The molecule has 6 nitrogen and oxygen atoms in total. The van der Waals surface area contributed by atoms with Gasteiger partial charge in [0.2, 0.25) is 0 Å². The Bertz CT molecular complexity index is 1250. The van der Waals surface area contributed by atoms with Crippen LogP contribution in [0, 0.1) is 0 Å². The number of allylic oxidation sites excluding steroid dienone is 16. The Morgan fingerprint density at radius 2 is 0.721 bits per heavy atom. The van der Waals surface area contributed by atoms with Crippen LogP contribution in [-0.4, -0.2) is 37.2 Å². The molecule has 0 amide bonds. The van der Waals surface area contributed by atoms with Crippen molar-refractivity contribution >= 4 is 17.9 Å². The molecule has 346 valence electrons. The lowest BCUT2D eigenvalue weighted by Gasteiger charge is -2.18. The van der Waals surface area contributed by atoms with Crippen LogP contribution in [0.25, 0.3) is 0 Å². The third-order valence-electron chi connectivity index (χ3n) is 10.1. The number of unbranched alkanes of at least 4 members (excludes halogenated alkanes) is 19. The minimum Gasteiger partial charge on any atom is -0.462 e. The predicted molar refractivity (Wildman–Crippen MR) is 260 cm³/mol. The summed E-state index contributed by atoms with van der Waals surface area (Å²) in [5.74, 6) is -0.960. The van der Waals surface area contributed by atoms with E-state index < -0.39 is 6.10 Å². The van der Waals surface area contributed by atoms with Gasteiger partial charge in [-0.2, -0.15) is 0 Å². The Labute approximate surface area is 375 Å². The Balaban J connectivity index is 4.40. The van der Waals surface area contributed by atoms with Crippen molar-refractivity contribution in [3.63, 3.8) is 0 Å². The average molecular weight is 847 g/mol. The first kappa shape index (κ1) is 57.3. The van der Waals surface area contributed by atoms with E-state index in [1.165, 1.54) is 57.8 Å². The molecule has 0 spiro atoms. The second-order valence-electron chi connectivity index (χ2n) is 16.0. The van der Waals surface area contributed by atoms with Crippen LogP contribution in [0.5, 0.6) is 0 Å². The van der Waals surface area contributed by atoms with E-state index in [4.69, 9.17) is 14.2 Å². The maximum atomic E-state index is 12.7. The zero-order chi connectivity index (χ0) is 44.4. The summed E-state index contributed by atoms with van der Waals surface area (Å²) >= 11 is 0. The summed E-state index contributed by atoms with van der Waals surface area (Å²) in [5.41, 5.74) is 0. The standard InChI is InChI=1S/C55H90O6/c1-4-7-10-13-16-19-22-24-25-26-27-28-29-31-33-36-39-42-45-48-54(57)60-51-52(50-59-53(56)47-44-41-38-35-32-21-18-15-12-9-6-3)61-55(58)49-46-43-40-37-34-30-23-20-17-14-11-8-5-2/h7-8,10-11,14-21,23-25,32,52H,4-6,9,12-13,22,26-31,33-51H2,1-3H3/b10-7-,11-8-,17-14-,18-15-,19-16-,23-20-,25-24-,32-21-. The summed E-state index contributed by atoms with van der Waals surface area (Å²) < 4.78 is 16.7. The van der Waals surface area contributed by atoms with Gasteiger partial charge in [-0.05, 0) is 89.9 Å². The summed E-state index contributed by atoms with van der Waals surface area (Å²) in [6.45, 7) is 6.28. The molecule has 0 aliphatic carbocycles. The van der Waals surface area contributed by atoms with Crippen LogP contribution in [0.1, 0.15) is 213 Å². The molecule has 0 saturated carbocycles. The first-order valence-corrected chi connectivity index (χ1v) is 24.8. The molecule has 61 heavy (non-hydrogen) atoms. The first-order chi connectivity index (χ1) is 30.0.